The molecule has 0 saturated heterocycles. The molecule has 0 spiro atoms. The molecule has 2 atom stereocenters. The number of ketones is 3. The third-order valence-electron chi connectivity index (χ3n) is 7.89. The number of aromatic hydroxyl groups is 1. The zero-order chi connectivity index (χ0) is 30.3. The van der Waals surface area contributed by atoms with Crippen LogP contribution in [0, 0.1) is 5.92 Å². The highest BCUT2D eigenvalue weighted by Gasteiger charge is 2.58. The lowest BCUT2D eigenvalue weighted by atomic mass is 9.67. The van der Waals surface area contributed by atoms with Crippen molar-refractivity contribution in [2.24, 2.45) is 5.92 Å². The average Bonchev–Trinajstić information content (AvgIpc) is 3.27. The topological polar surface area (TPSA) is 145 Å². The van der Waals surface area contributed by atoms with Crippen molar-refractivity contribution in [2.45, 2.75) is 38.6 Å². The number of methoxy groups -OCH3 is 2. The average molecular weight is 572 g/mol. The first-order chi connectivity index (χ1) is 20.0. The van der Waals surface area contributed by atoms with Crippen molar-refractivity contribution in [1.29, 1.82) is 0 Å². The first-order valence-corrected chi connectivity index (χ1v) is 13.3. The highest BCUT2D eigenvalue weighted by molar-refractivity contribution is 6.27. The Morgan fingerprint density at radius 3 is 2.52 bits per heavy atom. The van der Waals surface area contributed by atoms with E-state index < -0.39 is 34.6 Å². The number of fused-ring (bicyclic) bond motifs is 4. The van der Waals surface area contributed by atoms with E-state index in [1.807, 2.05) is 36.4 Å². The lowest BCUT2D eigenvalue weighted by Gasteiger charge is -2.30. The molecular formula is C32H29NO9. The molecule has 3 aromatic rings. The van der Waals surface area contributed by atoms with Crippen molar-refractivity contribution >= 4 is 40.0 Å². The number of benzene rings is 3. The summed E-state index contributed by atoms with van der Waals surface area (Å²) in [6.07, 6.45) is 1.73. The number of amides is 1. The van der Waals surface area contributed by atoms with Crippen molar-refractivity contribution in [3.63, 3.8) is 0 Å². The maximum atomic E-state index is 13.7. The molecule has 2 aliphatic rings. The monoisotopic (exact) mass is 571 g/mol. The minimum Gasteiger partial charge on any atom is -0.507 e. The van der Waals surface area contributed by atoms with Gasteiger partial charge in [-0.2, -0.15) is 0 Å². The van der Waals surface area contributed by atoms with E-state index >= 15 is 0 Å². The van der Waals surface area contributed by atoms with Crippen LogP contribution in [0.3, 0.4) is 0 Å². The zero-order valence-corrected chi connectivity index (χ0v) is 23.5. The summed E-state index contributed by atoms with van der Waals surface area (Å²) < 4.78 is 16.1. The van der Waals surface area contributed by atoms with Gasteiger partial charge in [0.15, 0.2) is 17.3 Å². The van der Waals surface area contributed by atoms with E-state index in [2.05, 4.69) is 5.32 Å². The zero-order valence-electron chi connectivity index (χ0n) is 23.5. The molecule has 0 bridgehead atoms. The van der Waals surface area contributed by atoms with E-state index in [1.54, 1.807) is 0 Å². The summed E-state index contributed by atoms with van der Waals surface area (Å²) in [6.45, 7) is 2.70. The Labute approximate surface area is 241 Å². The quantitative estimate of drug-likeness (QED) is 0.307. The minimum atomic E-state index is -1.66. The Kier molecular flexibility index (Phi) is 7.32. The molecular weight excluding hydrogens is 542 g/mol. The molecule has 1 unspecified atom stereocenters. The third-order valence-corrected chi connectivity index (χ3v) is 7.89. The Morgan fingerprint density at radius 2 is 1.83 bits per heavy atom. The van der Waals surface area contributed by atoms with Gasteiger partial charge in [-0.1, -0.05) is 36.4 Å². The van der Waals surface area contributed by atoms with Crippen LogP contribution < -0.4 is 14.8 Å². The van der Waals surface area contributed by atoms with Gasteiger partial charge in [0.2, 0.25) is 0 Å². The second-order valence-electron chi connectivity index (χ2n) is 10.5. The summed E-state index contributed by atoms with van der Waals surface area (Å²) in [5.74, 6) is -5.14. The van der Waals surface area contributed by atoms with E-state index in [1.165, 1.54) is 27.2 Å². The van der Waals surface area contributed by atoms with E-state index in [0.717, 1.165) is 34.9 Å². The summed E-state index contributed by atoms with van der Waals surface area (Å²) in [5.41, 5.74) is -0.0620. The molecule has 1 aliphatic heterocycles. The van der Waals surface area contributed by atoms with Crippen LogP contribution in [0.5, 0.6) is 17.2 Å². The number of rotatable bonds is 8. The normalized spacial score (nSPS) is 19.0. The summed E-state index contributed by atoms with van der Waals surface area (Å²) in [6, 6.07) is 12.7. The fourth-order valence-electron chi connectivity index (χ4n) is 5.71. The summed E-state index contributed by atoms with van der Waals surface area (Å²) >= 11 is 0. The first-order valence-electron chi connectivity index (χ1n) is 13.3. The van der Waals surface area contributed by atoms with Crippen LogP contribution in [-0.2, 0) is 42.3 Å². The van der Waals surface area contributed by atoms with Gasteiger partial charge in [0.05, 0.1) is 19.8 Å². The lowest BCUT2D eigenvalue weighted by Crippen LogP contribution is -2.47. The van der Waals surface area contributed by atoms with Gasteiger partial charge in [-0.05, 0) is 42.2 Å². The predicted octanol–water partition coefficient (Wildman–Crippen LogP) is 3.48. The highest BCUT2D eigenvalue weighted by atomic mass is 16.5. The van der Waals surface area contributed by atoms with Crippen molar-refractivity contribution in [3.8, 4) is 17.2 Å². The van der Waals surface area contributed by atoms with Gasteiger partial charge in [-0.15, -0.1) is 0 Å². The summed E-state index contributed by atoms with van der Waals surface area (Å²) in [5, 5.41) is 15.7. The largest absolute Gasteiger partial charge is 0.507 e. The van der Waals surface area contributed by atoms with Crippen LogP contribution in [0.2, 0.25) is 0 Å². The Morgan fingerprint density at radius 1 is 1.10 bits per heavy atom. The molecule has 5 rings (SSSR count). The number of ether oxygens (including phenoxy) is 3. The van der Waals surface area contributed by atoms with Crippen LogP contribution in [0.15, 0.2) is 54.3 Å². The van der Waals surface area contributed by atoms with Crippen molar-refractivity contribution in [3.05, 3.63) is 76.6 Å². The lowest BCUT2D eigenvalue weighted by molar-refractivity contribution is -0.142. The van der Waals surface area contributed by atoms with Crippen molar-refractivity contribution in [2.75, 3.05) is 14.2 Å². The molecule has 0 fully saturated rings. The van der Waals surface area contributed by atoms with Crippen molar-refractivity contribution in [1.82, 2.24) is 5.32 Å². The molecule has 0 saturated carbocycles. The summed E-state index contributed by atoms with van der Waals surface area (Å²) in [4.78, 5) is 63.7. The van der Waals surface area contributed by atoms with E-state index in [0.29, 0.717) is 6.42 Å². The standard InChI is InChI=1S/C32H29NO9/c1-16(34)26-21(35)14-24-32(2,30(26)38)28-22(36)13-23(40-3)27(29(28)42-24)31(39)33-15-19-12-17(9-10-25(37)41-4)11-18-7-5-6-8-20(18)19/h5-8,11-14,26,36H,9-10,15H2,1-4H3,(H,33,39)/t26?,32-/m1/s1. The number of carbonyl (C=O) groups is 5. The van der Waals surface area contributed by atoms with Gasteiger partial charge < -0.3 is 24.6 Å². The number of allylic oxidation sites excluding steroid dienone is 2. The number of phenolic OH excluding ortho intramolecular Hbond substituents is 1. The second-order valence-corrected chi connectivity index (χ2v) is 10.5. The molecule has 0 aromatic heterocycles. The minimum absolute atomic E-state index is 0.00910. The van der Waals surface area contributed by atoms with Crippen LogP contribution in [-0.4, -0.2) is 48.6 Å². The van der Waals surface area contributed by atoms with Crippen LogP contribution in [0.4, 0.5) is 0 Å². The number of Topliss-reactive ketones (excluding diaryl/α,β-unsaturated/α-hetero) is 2. The number of phenols is 1. The molecule has 1 aliphatic carbocycles. The number of hydrogen-bond acceptors (Lipinski definition) is 9. The van der Waals surface area contributed by atoms with Gasteiger partial charge in [0.1, 0.15) is 39.9 Å². The van der Waals surface area contributed by atoms with E-state index in [9.17, 15) is 29.1 Å². The molecule has 1 amide bonds. The SMILES string of the molecule is COC(=O)CCc1cc(CNC(=O)c2c(OC)cc(O)c3c2OC2=CC(=O)C(C(C)=O)C(=O)[C@]23C)c2ccccc2c1. The maximum Gasteiger partial charge on any atom is 0.305 e. The van der Waals surface area contributed by atoms with E-state index in [4.69, 9.17) is 14.2 Å². The van der Waals surface area contributed by atoms with Gasteiger partial charge >= 0.3 is 5.97 Å². The molecule has 42 heavy (non-hydrogen) atoms. The molecule has 216 valence electrons. The fraction of sp³-hybridized carbons (Fsp3) is 0.281. The number of carbonyl (C=O) groups excluding carboxylic acids is 5. The molecule has 3 aromatic carbocycles. The molecule has 10 heteroatoms. The van der Waals surface area contributed by atoms with Gasteiger partial charge in [0, 0.05) is 25.1 Å². The smallest absolute Gasteiger partial charge is 0.305 e. The summed E-state index contributed by atoms with van der Waals surface area (Å²) in [7, 11) is 2.66. The Bertz CT molecular complexity index is 1720. The predicted molar refractivity (Wildman–Crippen MR) is 150 cm³/mol. The molecule has 2 N–H and O–H groups in total. The van der Waals surface area contributed by atoms with E-state index in [-0.39, 0.29) is 53.1 Å². The van der Waals surface area contributed by atoms with Gasteiger partial charge in [0.25, 0.3) is 5.91 Å². The number of aryl methyl sites for hydroxylation is 1. The number of nitrogens with one attached hydrogen (secondary N) is 1. The second kappa shape index (κ2) is 10.8. The fourth-order valence-corrected chi connectivity index (χ4v) is 5.71. The molecule has 10 nitrogen and oxygen atoms in total. The highest BCUT2D eigenvalue weighted by Crippen LogP contribution is 2.56. The molecule has 0 radical (unpaired) electrons. The van der Waals surface area contributed by atoms with Gasteiger partial charge in [-0.25, -0.2) is 0 Å². The maximum absolute atomic E-state index is 13.7. The van der Waals surface area contributed by atoms with Crippen LogP contribution in [0.25, 0.3) is 10.8 Å². The Balaban J connectivity index is 1.52. The first kappa shape index (κ1) is 28.5. The van der Waals surface area contributed by atoms with Crippen molar-refractivity contribution < 1.29 is 43.3 Å². The van der Waals surface area contributed by atoms with Gasteiger partial charge in [-0.3, -0.25) is 24.0 Å². The van der Waals surface area contributed by atoms with Crippen LogP contribution >= 0.6 is 0 Å². The van der Waals surface area contributed by atoms with Crippen LogP contribution in [0.1, 0.15) is 47.3 Å². The Hall–Kier alpha value is -4.99. The number of hydrogen-bond donors (Lipinski definition) is 2. The number of esters is 1. The third kappa shape index (κ3) is 4.58. The molecule has 1 heterocycles.